The highest BCUT2D eigenvalue weighted by Gasteiger charge is 2.23. The maximum absolute atomic E-state index is 11.9. The number of aliphatic carboxylic acids is 1. The summed E-state index contributed by atoms with van der Waals surface area (Å²) in [5, 5.41) is 11.6. The van der Waals surface area contributed by atoms with Gasteiger partial charge in [-0.1, -0.05) is 52.0 Å². The second kappa shape index (κ2) is 7.81. The molecule has 0 bridgehead atoms. The zero-order valence-corrected chi connectivity index (χ0v) is 13.2. The Hall–Kier alpha value is -1.84. The molecule has 0 saturated carbocycles. The predicted octanol–water partition coefficient (Wildman–Crippen LogP) is 2.65. The maximum atomic E-state index is 11.9. The molecule has 0 fully saturated rings. The van der Waals surface area contributed by atoms with Gasteiger partial charge in [0.25, 0.3) is 0 Å². The normalized spacial score (nSPS) is 12.5. The summed E-state index contributed by atoms with van der Waals surface area (Å²) < 4.78 is 0. The second-order valence-electron chi connectivity index (χ2n) is 6.22. The molecule has 4 nitrogen and oxygen atoms in total. The van der Waals surface area contributed by atoms with Gasteiger partial charge in [-0.15, -0.1) is 0 Å². The predicted molar refractivity (Wildman–Crippen MR) is 83.1 cm³/mol. The highest BCUT2D eigenvalue weighted by atomic mass is 16.4. The Balaban J connectivity index is 2.60. The van der Waals surface area contributed by atoms with Gasteiger partial charge in [-0.25, -0.2) is 4.79 Å². The molecule has 0 unspecified atom stereocenters. The Labute approximate surface area is 126 Å². The number of carboxylic acids is 1. The topological polar surface area (TPSA) is 66.4 Å². The van der Waals surface area contributed by atoms with Crippen LogP contribution in [0.25, 0.3) is 0 Å². The van der Waals surface area contributed by atoms with Gasteiger partial charge in [-0.3, -0.25) is 4.79 Å². The van der Waals surface area contributed by atoms with Gasteiger partial charge in [0.05, 0.1) is 6.42 Å². The summed E-state index contributed by atoms with van der Waals surface area (Å²) >= 11 is 0. The number of nitrogens with one attached hydrogen (secondary N) is 1. The Morgan fingerprint density at radius 3 is 2.00 bits per heavy atom. The molecule has 0 spiro atoms. The standard InChI is InChI=1S/C17H25NO3/c1-11(2)9-13-5-7-14(8-6-13)10-15(19)18-16(12(3)4)17(20)21/h5-8,11-12,16H,9-10H2,1-4H3,(H,18,19)(H,20,21)/t16-/m0/s1. The van der Waals surface area contributed by atoms with Gasteiger partial charge in [-0.05, 0) is 29.4 Å². The molecule has 116 valence electrons. The molecule has 21 heavy (non-hydrogen) atoms. The van der Waals surface area contributed by atoms with Gasteiger partial charge in [0.15, 0.2) is 0 Å². The van der Waals surface area contributed by atoms with Crippen LogP contribution in [-0.2, 0) is 22.4 Å². The van der Waals surface area contributed by atoms with Crippen LogP contribution in [0.15, 0.2) is 24.3 Å². The summed E-state index contributed by atoms with van der Waals surface area (Å²) in [5.41, 5.74) is 2.15. The van der Waals surface area contributed by atoms with E-state index in [1.807, 2.05) is 24.3 Å². The van der Waals surface area contributed by atoms with Crippen LogP contribution in [0.5, 0.6) is 0 Å². The monoisotopic (exact) mass is 291 g/mol. The summed E-state index contributed by atoms with van der Waals surface area (Å²) in [6.45, 7) is 7.89. The Morgan fingerprint density at radius 1 is 1.05 bits per heavy atom. The first-order valence-electron chi connectivity index (χ1n) is 7.39. The van der Waals surface area contributed by atoms with Crippen LogP contribution < -0.4 is 5.32 Å². The first-order chi connectivity index (χ1) is 9.79. The van der Waals surface area contributed by atoms with E-state index < -0.39 is 12.0 Å². The lowest BCUT2D eigenvalue weighted by molar-refractivity contribution is -0.143. The van der Waals surface area contributed by atoms with E-state index in [1.54, 1.807) is 13.8 Å². The van der Waals surface area contributed by atoms with Gasteiger partial charge >= 0.3 is 5.97 Å². The molecule has 1 rings (SSSR count). The molecule has 0 aromatic heterocycles. The van der Waals surface area contributed by atoms with Crippen molar-refractivity contribution in [2.24, 2.45) is 11.8 Å². The second-order valence-corrected chi connectivity index (χ2v) is 6.22. The molecule has 1 aromatic carbocycles. The van der Waals surface area contributed by atoms with E-state index in [-0.39, 0.29) is 18.2 Å². The van der Waals surface area contributed by atoms with Crippen molar-refractivity contribution in [1.29, 1.82) is 0 Å². The Kier molecular flexibility index (Phi) is 6.40. The summed E-state index contributed by atoms with van der Waals surface area (Å²) in [4.78, 5) is 23.0. The molecule has 0 heterocycles. The van der Waals surface area contributed by atoms with E-state index in [0.29, 0.717) is 5.92 Å². The lowest BCUT2D eigenvalue weighted by Gasteiger charge is -2.17. The molecular formula is C17H25NO3. The third kappa shape index (κ3) is 5.98. The van der Waals surface area contributed by atoms with Crippen molar-refractivity contribution in [2.45, 2.75) is 46.6 Å². The van der Waals surface area contributed by atoms with Crippen molar-refractivity contribution in [3.63, 3.8) is 0 Å². The molecule has 2 N–H and O–H groups in total. The van der Waals surface area contributed by atoms with Crippen LogP contribution >= 0.6 is 0 Å². The smallest absolute Gasteiger partial charge is 0.326 e. The number of rotatable bonds is 7. The summed E-state index contributed by atoms with van der Waals surface area (Å²) in [6, 6.07) is 7.09. The minimum Gasteiger partial charge on any atom is -0.480 e. The average Bonchev–Trinajstić information content (AvgIpc) is 2.37. The number of carbonyl (C=O) groups excluding carboxylic acids is 1. The fraction of sp³-hybridized carbons (Fsp3) is 0.529. The van der Waals surface area contributed by atoms with Crippen molar-refractivity contribution >= 4 is 11.9 Å². The van der Waals surface area contributed by atoms with Crippen molar-refractivity contribution in [2.75, 3.05) is 0 Å². The number of amides is 1. The highest BCUT2D eigenvalue weighted by molar-refractivity contribution is 5.85. The third-order valence-electron chi connectivity index (χ3n) is 3.28. The van der Waals surface area contributed by atoms with Gasteiger partial charge in [0, 0.05) is 0 Å². The van der Waals surface area contributed by atoms with Gasteiger partial charge in [0.1, 0.15) is 6.04 Å². The Bertz CT molecular complexity index is 477. The zero-order valence-electron chi connectivity index (χ0n) is 13.2. The number of carbonyl (C=O) groups is 2. The first-order valence-corrected chi connectivity index (χ1v) is 7.39. The Morgan fingerprint density at radius 2 is 1.57 bits per heavy atom. The minimum absolute atomic E-state index is 0.139. The lowest BCUT2D eigenvalue weighted by Crippen LogP contribution is -2.44. The number of carboxylic acid groups (broad SMARTS) is 1. The van der Waals surface area contributed by atoms with E-state index in [2.05, 4.69) is 19.2 Å². The van der Waals surface area contributed by atoms with Gasteiger partial charge in [0.2, 0.25) is 5.91 Å². The van der Waals surface area contributed by atoms with E-state index >= 15 is 0 Å². The first kappa shape index (κ1) is 17.2. The number of benzene rings is 1. The SMILES string of the molecule is CC(C)Cc1ccc(CC(=O)N[C@H](C(=O)O)C(C)C)cc1. The fourth-order valence-corrected chi connectivity index (χ4v) is 2.19. The van der Waals surface area contributed by atoms with Crippen molar-refractivity contribution < 1.29 is 14.7 Å². The van der Waals surface area contributed by atoms with Gasteiger partial charge in [-0.2, -0.15) is 0 Å². The van der Waals surface area contributed by atoms with E-state index in [1.165, 1.54) is 5.56 Å². The molecule has 0 saturated heterocycles. The summed E-state index contributed by atoms with van der Waals surface area (Å²) in [6.07, 6.45) is 1.22. The molecule has 0 aliphatic rings. The van der Waals surface area contributed by atoms with Crippen LogP contribution in [0.2, 0.25) is 0 Å². The zero-order chi connectivity index (χ0) is 16.0. The van der Waals surface area contributed by atoms with Crippen LogP contribution in [0, 0.1) is 11.8 Å². The molecule has 1 aromatic rings. The quantitative estimate of drug-likeness (QED) is 0.811. The average molecular weight is 291 g/mol. The lowest BCUT2D eigenvalue weighted by atomic mass is 10.0. The van der Waals surface area contributed by atoms with Crippen molar-refractivity contribution in [3.8, 4) is 0 Å². The number of hydrogen-bond donors (Lipinski definition) is 2. The van der Waals surface area contributed by atoms with Crippen LogP contribution in [0.1, 0.15) is 38.8 Å². The minimum atomic E-state index is -0.995. The molecule has 0 radical (unpaired) electrons. The van der Waals surface area contributed by atoms with Crippen molar-refractivity contribution in [3.05, 3.63) is 35.4 Å². The molecule has 4 heteroatoms. The fourth-order valence-electron chi connectivity index (χ4n) is 2.19. The van der Waals surface area contributed by atoms with Crippen LogP contribution in [-0.4, -0.2) is 23.0 Å². The van der Waals surface area contributed by atoms with Crippen LogP contribution in [0.3, 0.4) is 0 Å². The maximum Gasteiger partial charge on any atom is 0.326 e. The molecule has 1 amide bonds. The third-order valence-corrected chi connectivity index (χ3v) is 3.28. The molecule has 1 atom stereocenters. The molecule has 0 aliphatic carbocycles. The van der Waals surface area contributed by atoms with Crippen LogP contribution in [0.4, 0.5) is 0 Å². The van der Waals surface area contributed by atoms with Gasteiger partial charge < -0.3 is 10.4 Å². The van der Waals surface area contributed by atoms with E-state index in [0.717, 1.165) is 12.0 Å². The summed E-state index contributed by atoms with van der Waals surface area (Å²) in [5.74, 6) is -0.792. The highest BCUT2D eigenvalue weighted by Crippen LogP contribution is 2.10. The molecular weight excluding hydrogens is 266 g/mol. The van der Waals surface area contributed by atoms with E-state index in [4.69, 9.17) is 5.11 Å². The number of hydrogen-bond acceptors (Lipinski definition) is 2. The molecule has 0 aliphatic heterocycles. The summed E-state index contributed by atoms with van der Waals surface area (Å²) in [7, 11) is 0. The van der Waals surface area contributed by atoms with E-state index in [9.17, 15) is 9.59 Å². The van der Waals surface area contributed by atoms with Crippen molar-refractivity contribution in [1.82, 2.24) is 5.32 Å². The largest absolute Gasteiger partial charge is 0.480 e.